The Morgan fingerprint density at radius 3 is 2.36 bits per heavy atom. The van der Waals surface area contributed by atoms with E-state index < -0.39 is 11.8 Å². The Kier molecular flexibility index (Phi) is 5.61. The third-order valence-corrected chi connectivity index (χ3v) is 4.93. The normalized spacial score (nSPS) is 16.0. The number of aryl methyl sites for hydroxylation is 1. The number of carbonyl (C=O) groups excluding carboxylic acids is 2. The SMILES string of the molecule is COc1ccc(/C=C2\C(=O)NC(=S)N(c3ccc(C(C)C)cc3)C2=O)cc1C. The van der Waals surface area contributed by atoms with E-state index in [1.165, 1.54) is 4.90 Å². The van der Waals surface area contributed by atoms with Crippen molar-refractivity contribution >= 4 is 40.9 Å². The minimum Gasteiger partial charge on any atom is -0.496 e. The first kappa shape index (κ1) is 19.8. The fourth-order valence-electron chi connectivity index (χ4n) is 3.06. The van der Waals surface area contributed by atoms with Gasteiger partial charge in [0.15, 0.2) is 5.11 Å². The molecule has 0 unspecified atom stereocenters. The van der Waals surface area contributed by atoms with Crippen LogP contribution in [0.2, 0.25) is 0 Å². The molecule has 1 heterocycles. The Bertz CT molecular complexity index is 978. The third-order valence-electron chi connectivity index (χ3n) is 4.65. The van der Waals surface area contributed by atoms with Gasteiger partial charge in [-0.05, 0) is 72.1 Å². The van der Waals surface area contributed by atoms with Crippen molar-refractivity contribution < 1.29 is 14.3 Å². The van der Waals surface area contributed by atoms with Crippen LogP contribution >= 0.6 is 12.2 Å². The Morgan fingerprint density at radius 2 is 1.79 bits per heavy atom. The van der Waals surface area contributed by atoms with Gasteiger partial charge in [-0.25, -0.2) is 0 Å². The zero-order chi connectivity index (χ0) is 20.4. The van der Waals surface area contributed by atoms with Crippen molar-refractivity contribution in [3.8, 4) is 5.75 Å². The van der Waals surface area contributed by atoms with E-state index in [1.54, 1.807) is 25.3 Å². The van der Waals surface area contributed by atoms with E-state index in [9.17, 15) is 9.59 Å². The molecule has 0 aliphatic carbocycles. The number of carbonyl (C=O) groups is 2. The molecule has 3 rings (SSSR count). The van der Waals surface area contributed by atoms with Gasteiger partial charge in [-0.3, -0.25) is 19.8 Å². The van der Waals surface area contributed by atoms with Crippen LogP contribution in [0.5, 0.6) is 5.75 Å². The van der Waals surface area contributed by atoms with E-state index in [-0.39, 0.29) is 10.7 Å². The van der Waals surface area contributed by atoms with E-state index in [0.717, 1.165) is 22.4 Å². The standard InChI is InChI=1S/C22H22N2O3S/c1-13(2)16-6-8-17(9-7-16)24-21(26)18(20(25)23-22(24)28)12-15-5-10-19(27-4)14(3)11-15/h5-13H,1-4H3,(H,23,25,28)/b18-12+. The summed E-state index contributed by atoms with van der Waals surface area (Å²) < 4.78 is 5.26. The largest absolute Gasteiger partial charge is 0.496 e. The molecule has 144 valence electrons. The summed E-state index contributed by atoms with van der Waals surface area (Å²) in [5.74, 6) is 0.180. The second-order valence-electron chi connectivity index (χ2n) is 6.93. The third kappa shape index (κ3) is 3.82. The molecule has 6 heteroatoms. The maximum atomic E-state index is 13.1. The number of anilines is 1. The van der Waals surface area contributed by atoms with Crippen LogP contribution in [0.15, 0.2) is 48.0 Å². The Labute approximate surface area is 170 Å². The Hall–Kier alpha value is -2.99. The van der Waals surface area contributed by atoms with Gasteiger partial charge in [0, 0.05) is 0 Å². The topological polar surface area (TPSA) is 58.6 Å². The Balaban J connectivity index is 1.96. The summed E-state index contributed by atoms with van der Waals surface area (Å²) in [7, 11) is 1.60. The van der Waals surface area contributed by atoms with E-state index >= 15 is 0 Å². The Morgan fingerprint density at radius 1 is 1.11 bits per heavy atom. The van der Waals surface area contributed by atoms with E-state index in [2.05, 4.69) is 19.2 Å². The van der Waals surface area contributed by atoms with Gasteiger partial charge in [-0.15, -0.1) is 0 Å². The van der Waals surface area contributed by atoms with Crippen molar-refractivity contribution in [2.45, 2.75) is 26.7 Å². The van der Waals surface area contributed by atoms with E-state index in [4.69, 9.17) is 17.0 Å². The lowest BCUT2D eigenvalue weighted by molar-refractivity contribution is -0.122. The minimum atomic E-state index is -0.501. The lowest BCUT2D eigenvalue weighted by atomic mass is 10.0. The monoisotopic (exact) mass is 394 g/mol. The van der Waals surface area contributed by atoms with Crippen LogP contribution in [-0.2, 0) is 9.59 Å². The van der Waals surface area contributed by atoms with Gasteiger partial charge in [0.25, 0.3) is 11.8 Å². The summed E-state index contributed by atoms with van der Waals surface area (Å²) in [5.41, 5.74) is 3.46. The molecule has 1 fully saturated rings. The molecule has 5 nitrogen and oxygen atoms in total. The van der Waals surface area contributed by atoms with Gasteiger partial charge in [-0.1, -0.05) is 32.0 Å². The first-order valence-corrected chi connectivity index (χ1v) is 9.38. The van der Waals surface area contributed by atoms with Crippen molar-refractivity contribution in [1.29, 1.82) is 0 Å². The van der Waals surface area contributed by atoms with Crippen LogP contribution < -0.4 is 15.0 Å². The van der Waals surface area contributed by atoms with Gasteiger partial charge < -0.3 is 4.74 Å². The number of nitrogens with one attached hydrogen (secondary N) is 1. The first-order valence-electron chi connectivity index (χ1n) is 8.98. The average Bonchev–Trinajstić information content (AvgIpc) is 2.65. The molecule has 0 atom stereocenters. The smallest absolute Gasteiger partial charge is 0.270 e. The number of hydrogen-bond acceptors (Lipinski definition) is 4. The highest BCUT2D eigenvalue weighted by Gasteiger charge is 2.34. The van der Waals surface area contributed by atoms with E-state index in [0.29, 0.717) is 11.6 Å². The number of methoxy groups -OCH3 is 1. The highest BCUT2D eigenvalue weighted by Crippen LogP contribution is 2.25. The molecule has 2 aromatic carbocycles. The van der Waals surface area contributed by atoms with Crippen LogP contribution in [0.25, 0.3) is 6.08 Å². The van der Waals surface area contributed by atoms with Crippen molar-refractivity contribution in [3.05, 3.63) is 64.7 Å². The molecule has 0 spiro atoms. The van der Waals surface area contributed by atoms with Crippen LogP contribution in [0, 0.1) is 6.92 Å². The summed E-state index contributed by atoms with van der Waals surface area (Å²) in [6.07, 6.45) is 1.57. The number of rotatable bonds is 4. The summed E-state index contributed by atoms with van der Waals surface area (Å²) in [6.45, 7) is 6.11. The highest BCUT2D eigenvalue weighted by atomic mass is 32.1. The number of nitrogens with zero attached hydrogens (tertiary/aromatic N) is 1. The molecule has 0 saturated carbocycles. The summed E-state index contributed by atoms with van der Waals surface area (Å²) in [4.78, 5) is 26.8. The number of hydrogen-bond donors (Lipinski definition) is 1. The summed E-state index contributed by atoms with van der Waals surface area (Å²) in [6, 6.07) is 13.1. The zero-order valence-corrected chi connectivity index (χ0v) is 17.1. The first-order chi connectivity index (χ1) is 13.3. The second-order valence-corrected chi connectivity index (χ2v) is 7.32. The quantitative estimate of drug-likeness (QED) is 0.484. The maximum Gasteiger partial charge on any atom is 0.270 e. The second kappa shape index (κ2) is 7.94. The number of thiocarbonyl (C=S) groups is 1. The van der Waals surface area contributed by atoms with Gasteiger partial charge in [0.1, 0.15) is 11.3 Å². The number of amides is 2. The van der Waals surface area contributed by atoms with Gasteiger partial charge in [-0.2, -0.15) is 0 Å². The predicted octanol–water partition coefficient (Wildman–Crippen LogP) is 3.96. The molecule has 1 aliphatic heterocycles. The molecular weight excluding hydrogens is 372 g/mol. The highest BCUT2D eigenvalue weighted by molar-refractivity contribution is 7.80. The van der Waals surface area contributed by atoms with Crippen LogP contribution in [-0.4, -0.2) is 24.0 Å². The van der Waals surface area contributed by atoms with Crippen molar-refractivity contribution in [1.82, 2.24) is 5.32 Å². The predicted molar refractivity (Wildman–Crippen MR) is 114 cm³/mol. The summed E-state index contributed by atoms with van der Waals surface area (Å²) in [5, 5.41) is 2.69. The maximum absolute atomic E-state index is 13.1. The van der Waals surface area contributed by atoms with Crippen LogP contribution in [0.1, 0.15) is 36.5 Å². The lowest BCUT2D eigenvalue weighted by Crippen LogP contribution is -2.54. The molecule has 1 N–H and O–H groups in total. The average molecular weight is 394 g/mol. The molecule has 1 saturated heterocycles. The molecule has 1 aliphatic rings. The van der Waals surface area contributed by atoms with Crippen molar-refractivity contribution in [2.24, 2.45) is 0 Å². The molecule has 2 amide bonds. The lowest BCUT2D eigenvalue weighted by Gasteiger charge is -2.29. The van der Waals surface area contributed by atoms with Gasteiger partial charge in [0.05, 0.1) is 12.8 Å². The molecule has 0 aromatic heterocycles. The van der Waals surface area contributed by atoms with Crippen LogP contribution in [0.3, 0.4) is 0 Å². The molecule has 0 bridgehead atoms. The van der Waals surface area contributed by atoms with Gasteiger partial charge >= 0.3 is 0 Å². The fraction of sp³-hybridized carbons (Fsp3) is 0.227. The van der Waals surface area contributed by atoms with Crippen LogP contribution in [0.4, 0.5) is 5.69 Å². The van der Waals surface area contributed by atoms with Gasteiger partial charge in [0.2, 0.25) is 0 Å². The van der Waals surface area contributed by atoms with E-state index in [1.807, 2.05) is 37.3 Å². The number of benzene rings is 2. The molecular formula is C22H22N2O3S. The molecule has 2 aromatic rings. The minimum absolute atomic E-state index is 0.0334. The molecule has 0 radical (unpaired) electrons. The summed E-state index contributed by atoms with van der Waals surface area (Å²) >= 11 is 5.25. The number of ether oxygens (including phenoxy) is 1. The fourth-order valence-corrected chi connectivity index (χ4v) is 3.34. The van der Waals surface area contributed by atoms with Crippen molar-refractivity contribution in [2.75, 3.05) is 12.0 Å². The zero-order valence-electron chi connectivity index (χ0n) is 16.3. The molecule has 28 heavy (non-hydrogen) atoms. The van der Waals surface area contributed by atoms with Crippen molar-refractivity contribution in [3.63, 3.8) is 0 Å².